The molecule has 0 fully saturated rings. The Morgan fingerprint density at radius 2 is 0.875 bits per heavy atom. The number of hydrogen-bond acceptors (Lipinski definition) is 13. The van der Waals surface area contributed by atoms with E-state index in [1.807, 2.05) is 0 Å². The molecule has 21 heteroatoms. The first-order chi connectivity index (χ1) is 22.1. The monoisotopic (exact) mass is 735 g/mol. The van der Waals surface area contributed by atoms with Gasteiger partial charge in [-0.05, 0) is 73.2 Å². The smallest absolute Gasteiger partial charge is 0.296 e. The van der Waals surface area contributed by atoms with Crippen molar-refractivity contribution in [3.05, 3.63) is 78.4 Å². The molecule has 0 bridgehead atoms. The maximum absolute atomic E-state index is 12.0. The van der Waals surface area contributed by atoms with Crippen LogP contribution in [-0.4, -0.2) is 51.9 Å². The van der Waals surface area contributed by atoms with Crippen molar-refractivity contribution in [1.29, 1.82) is 0 Å². The molecule has 48 heavy (non-hydrogen) atoms. The summed E-state index contributed by atoms with van der Waals surface area (Å²) < 4.78 is 133. The van der Waals surface area contributed by atoms with Crippen LogP contribution < -0.4 is 5.73 Å². The Bertz CT molecular complexity index is 2700. The van der Waals surface area contributed by atoms with Crippen molar-refractivity contribution in [3.8, 4) is 0 Å². The highest BCUT2D eigenvalue weighted by Gasteiger charge is 2.23. The van der Waals surface area contributed by atoms with E-state index in [2.05, 4.69) is 20.5 Å². The highest BCUT2D eigenvalue weighted by molar-refractivity contribution is 7.86. The third-order valence-electron chi connectivity index (χ3n) is 6.88. The van der Waals surface area contributed by atoms with Crippen molar-refractivity contribution < 1.29 is 51.9 Å². The number of aryl methyl sites for hydroxylation is 1. The third-order valence-corrected chi connectivity index (χ3v) is 10.5. The summed E-state index contributed by atoms with van der Waals surface area (Å²) in [5, 5.41) is 16.8. The maximum Gasteiger partial charge on any atom is 0.296 e. The lowest BCUT2D eigenvalue weighted by molar-refractivity contribution is 0.478. The molecule has 0 atom stereocenters. The number of rotatable bonds is 8. The molecule has 6 N–H and O–H groups in total. The maximum atomic E-state index is 12.0. The summed E-state index contributed by atoms with van der Waals surface area (Å²) in [4.78, 5) is -2.58. The quantitative estimate of drug-likeness (QED) is 0.0726. The molecule has 0 saturated carbocycles. The van der Waals surface area contributed by atoms with E-state index in [0.29, 0.717) is 11.5 Å². The molecular weight excluding hydrogens is 715 g/mol. The Morgan fingerprint density at radius 1 is 0.458 bits per heavy atom. The number of nitrogen functional groups attached to an aromatic ring is 1. The number of nitrogens with two attached hydrogens (primary N) is 1. The minimum atomic E-state index is -4.99. The van der Waals surface area contributed by atoms with Crippen LogP contribution in [0.5, 0.6) is 0 Å². The van der Waals surface area contributed by atoms with Crippen LogP contribution in [0.1, 0.15) is 5.56 Å². The van der Waals surface area contributed by atoms with E-state index in [4.69, 9.17) is 5.73 Å². The van der Waals surface area contributed by atoms with Crippen LogP contribution in [0.2, 0.25) is 0 Å². The van der Waals surface area contributed by atoms with E-state index in [1.165, 1.54) is 36.4 Å². The summed E-state index contributed by atoms with van der Waals surface area (Å²) in [7, 11) is -19.2. The van der Waals surface area contributed by atoms with Gasteiger partial charge in [-0.15, -0.1) is 20.5 Å². The molecule has 0 radical (unpaired) electrons. The van der Waals surface area contributed by atoms with E-state index >= 15 is 0 Å². The van der Waals surface area contributed by atoms with Gasteiger partial charge in [-0.1, -0.05) is 12.1 Å². The summed E-state index contributed by atoms with van der Waals surface area (Å²) in [5.74, 6) is 0. The second kappa shape index (κ2) is 12.1. The Morgan fingerprint density at radius 3 is 1.35 bits per heavy atom. The number of hydrogen-bond donors (Lipinski definition) is 5. The highest BCUT2D eigenvalue weighted by atomic mass is 32.2. The van der Waals surface area contributed by atoms with Crippen molar-refractivity contribution in [2.24, 2.45) is 20.5 Å². The normalized spacial score (nSPS) is 13.3. The van der Waals surface area contributed by atoms with Crippen LogP contribution in [0.15, 0.2) is 113 Å². The summed E-state index contributed by atoms with van der Waals surface area (Å²) in [5.41, 5.74) is 5.42. The molecule has 250 valence electrons. The minimum Gasteiger partial charge on any atom is -0.398 e. The summed E-state index contributed by atoms with van der Waals surface area (Å²) in [6.45, 7) is 1.16. The molecular formula is C27H21N5O12S4. The average Bonchev–Trinajstić information content (AvgIpc) is 2.98. The average molecular weight is 736 g/mol. The first-order valence-corrected chi connectivity index (χ1v) is 18.7. The topological polar surface area (TPSA) is 293 Å². The van der Waals surface area contributed by atoms with Crippen LogP contribution in [0.3, 0.4) is 0 Å². The van der Waals surface area contributed by atoms with Crippen LogP contribution in [-0.2, 0) is 40.5 Å². The molecule has 0 unspecified atom stereocenters. The molecule has 5 rings (SSSR count). The second-order valence-corrected chi connectivity index (χ2v) is 15.7. The SMILES string of the molecule is Cc1cc(S(=O)(=O)O)c(N=Nc2ccc(N=Nc3ccc(N)c4ccc(S(=O)(=O)O)cc34)c3ccc(S(=O)(=O)O)cc23)cc1S(=O)(=O)O. The van der Waals surface area contributed by atoms with Gasteiger partial charge in [0, 0.05) is 27.2 Å². The van der Waals surface area contributed by atoms with Crippen LogP contribution in [0.25, 0.3) is 21.5 Å². The van der Waals surface area contributed by atoms with Gasteiger partial charge in [0.1, 0.15) is 10.6 Å². The van der Waals surface area contributed by atoms with Crippen molar-refractivity contribution >= 4 is 90.5 Å². The van der Waals surface area contributed by atoms with Gasteiger partial charge in [0.2, 0.25) is 0 Å². The molecule has 0 spiro atoms. The molecule has 5 aromatic rings. The number of benzene rings is 5. The van der Waals surface area contributed by atoms with E-state index in [-0.39, 0.29) is 44.5 Å². The van der Waals surface area contributed by atoms with Gasteiger partial charge in [0.15, 0.2) is 0 Å². The lowest BCUT2D eigenvalue weighted by Crippen LogP contribution is -2.05. The Labute approximate surface area is 272 Å². The molecule has 17 nitrogen and oxygen atoms in total. The predicted octanol–water partition coefficient (Wildman–Crippen LogP) is 5.70. The fraction of sp³-hybridized carbons (Fsp3) is 0.0370. The molecule has 0 heterocycles. The molecule has 5 aromatic carbocycles. The van der Waals surface area contributed by atoms with Crippen molar-refractivity contribution in [2.75, 3.05) is 5.73 Å². The van der Waals surface area contributed by atoms with E-state index < -0.39 is 65.7 Å². The van der Waals surface area contributed by atoms with Crippen molar-refractivity contribution in [3.63, 3.8) is 0 Å². The third kappa shape index (κ3) is 7.07. The number of azo groups is 2. The zero-order valence-corrected chi connectivity index (χ0v) is 27.2. The van der Waals surface area contributed by atoms with Gasteiger partial charge >= 0.3 is 0 Å². The first kappa shape index (κ1) is 34.6. The van der Waals surface area contributed by atoms with Crippen molar-refractivity contribution in [2.45, 2.75) is 26.5 Å². The first-order valence-electron chi connectivity index (χ1n) is 12.9. The Hall–Kier alpha value is -4.74. The van der Waals surface area contributed by atoms with Gasteiger partial charge in [0.05, 0.1) is 31.7 Å². The second-order valence-electron chi connectivity index (χ2n) is 10.1. The van der Waals surface area contributed by atoms with E-state index in [1.54, 1.807) is 0 Å². The predicted molar refractivity (Wildman–Crippen MR) is 171 cm³/mol. The summed E-state index contributed by atoms with van der Waals surface area (Å²) in [6, 6.07) is 13.9. The summed E-state index contributed by atoms with van der Waals surface area (Å²) >= 11 is 0. The van der Waals surface area contributed by atoms with Crippen LogP contribution in [0, 0.1) is 6.92 Å². The number of anilines is 1. The molecule has 0 saturated heterocycles. The Balaban J connectivity index is 1.70. The fourth-order valence-electron chi connectivity index (χ4n) is 4.64. The number of nitrogens with zero attached hydrogens (tertiary/aromatic N) is 4. The highest BCUT2D eigenvalue weighted by Crippen LogP contribution is 2.39. The molecule has 0 aliphatic heterocycles. The van der Waals surface area contributed by atoms with Crippen LogP contribution in [0.4, 0.5) is 28.4 Å². The van der Waals surface area contributed by atoms with Gasteiger partial charge in [-0.3, -0.25) is 18.2 Å². The van der Waals surface area contributed by atoms with Gasteiger partial charge in [0.25, 0.3) is 40.5 Å². The summed E-state index contributed by atoms with van der Waals surface area (Å²) in [6.07, 6.45) is 0. The molecule has 0 amide bonds. The van der Waals surface area contributed by atoms with Gasteiger partial charge < -0.3 is 5.73 Å². The molecule has 0 aliphatic rings. The molecule has 0 aliphatic carbocycles. The van der Waals surface area contributed by atoms with Crippen molar-refractivity contribution in [1.82, 2.24) is 0 Å². The van der Waals surface area contributed by atoms with Gasteiger partial charge in [-0.25, -0.2) is 0 Å². The Kier molecular flexibility index (Phi) is 8.69. The van der Waals surface area contributed by atoms with Crippen LogP contribution >= 0.6 is 0 Å². The lowest BCUT2D eigenvalue weighted by Gasteiger charge is -2.09. The van der Waals surface area contributed by atoms with Gasteiger partial charge in [-0.2, -0.15) is 33.7 Å². The zero-order chi connectivity index (χ0) is 35.4. The standard InChI is InChI=1S/C27H21N5O12S4/c1-14-10-27(48(42,43)44)25(13-26(14)47(39,40)41)32-31-24-9-8-22(18-5-3-16(12-20(18)24)46(36,37)38)29-30-23-7-6-21(28)17-4-2-15(11-19(17)23)45(33,34)35/h2-13H,28H2,1H3,(H,33,34,35)(H,36,37,38)(H,39,40,41)(H,42,43,44). The zero-order valence-electron chi connectivity index (χ0n) is 24.0. The van der Waals surface area contributed by atoms with E-state index in [9.17, 15) is 51.9 Å². The fourth-order valence-corrected chi connectivity index (χ4v) is 7.07. The molecule has 0 aromatic heterocycles. The lowest BCUT2D eigenvalue weighted by atomic mass is 10.1. The largest absolute Gasteiger partial charge is 0.398 e. The van der Waals surface area contributed by atoms with E-state index in [0.717, 1.165) is 37.3 Å². The minimum absolute atomic E-state index is 0.0309. The number of fused-ring (bicyclic) bond motifs is 2.